The van der Waals surface area contributed by atoms with Crippen molar-refractivity contribution < 1.29 is 19.1 Å². The number of likely N-dealkylation sites (N-methyl/N-ethyl adjacent to an activating group) is 1. The first-order valence-electron chi connectivity index (χ1n) is 5.50. The number of hydrogen-bond acceptors (Lipinski definition) is 5. The summed E-state index contributed by atoms with van der Waals surface area (Å²) >= 11 is 5.97. The van der Waals surface area contributed by atoms with Gasteiger partial charge in [0.1, 0.15) is 5.75 Å². The highest BCUT2D eigenvalue weighted by atomic mass is 35.5. The van der Waals surface area contributed by atoms with Crippen molar-refractivity contribution >= 4 is 29.2 Å². The van der Waals surface area contributed by atoms with E-state index in [2.05, 4.69) is 15.4 Å². The third kappa shape index (κ3) is 5.15. The molecule has 1 aromatic carbocycles. The molecular weight excluding hydrogens is 272 g/mol. The zero-order chi connectivity index (χ0) is 14.3. The molecule has 0 saturated heterocycles. The summed E-state index contributed by atoms with van der Waals surface area (Å²) in [5.41, 5.74) is 0.552. The Morgan fingerprint density at radius 3 is 2.68 bits per heavy atom. The molecule has 1 aromatic rings. The van der Waals surface area contributed by atoms with Gasteiger partial charge in [-0.25, -0.2) is 4.79 Å². The molecule has 0 unspecified atom stereocenters. The molecule has 1 amide bonds. The second-order valence-corrected chi connectivity index (χ2v) is 4.00. The van der Waals surface area contributed by atoms with Gasteiger partial charge in [-0.3, -0.25) is 4.79 Å². The molecule has 0 saturated carbocycles. The average Bonchev–Trinajstić information content (AvgIpc) is 2.37. The van der Waals surface area contributed by atoms with Crippen molar-refractivity contribution in [2.24, 2.45) is 0 Å². The van der Waals surface area contributed by atoms with E-state index in [0.717, 1.165) is 0 Å². The standard InChI is InChI=1S/C12H15ClN2O4/c1-14-6-11(16)15-8-3-4-10(9(13)5-8)19-7-12(17)18-2/h3-5,14H,6-7H2,1-2H3,(H,15,16). The molecule has 0 spiro atoms. The Morgan fingerprint density at radius 2 is 2.11 bits per heavy atom. The molecule has 0 heterocycles. The van der Waals surface area contributed by atoms with Crippen molar-refractivity contribution in [1.29, 1.82) is 0 Å². The normalized spacial score (nSPS) is 9.84. The summed E-state index contributed by atoms with van der Waals surface area (Å²) in [7, 11) is 2.95. The number of anilines is 1. The molecule has 0 aliphatic heterocycles. The first-order valence-corrected chi connectivity index (χ1v) is 5.88. The van der Waals surface area contributed by atoms with Crippen LogP contribution in [0.25, 0.3) is 0 Å². The summed E-state index contributed by atoms with van der Waals surface area (Å²) in [5.74, 6) is -0.331. The number of methoxy groups -OCH3 is 1. The molecule has 7 heteroatoms. The van der Waals surface area contributed by atoms with E-state index >= 15 is 0 Å². The van der Waals surface area contributed by atoms with Crippen LogP contribution in [-0.4, -0.2) is 39.2 Å². The smallest absolute Gasteiger partial charge is 0.343 e. The van der Waals surface area contributed by atoms with Gasteiger partial charge in [0.05, 0.1) is 18.7 Å². The topological polar surface area (TPSA) is 76.7 Å². The van der Waals surface area contributed by atoms with Crippen molar-refractivity contribution in [2.75, 3.05) is 32.6 Å². The van der Waals surface area contributed by atoms with Crippen LogP contribution in [0.3, 0.4) is 0 Å². The van der Waals surface area contributed by atoms with Crippen molar-refractivity contribution in [2.45, 2.75) is 0 Å². The monoisotopic (exact) mass is 286 g/mol. The lowest BCUT2D eigenvalue weighted by Crippen LogP contribution is -2.25. The third-order valence-electron chi connectivity index (χ3n) is 2.13. The number of benzene rings is 1. The number of rotatable bonds is 6. The fourth-order valence-corrected chi connectivity index (χ4v) is 1.49. The van der Waals surface area contributed by atoms with Crippen LogP contribution in [0.1, 0.15) is 0 Å². The molecule has 0 aliphatic rings. The minimum atomic E-state index is -0.498. The first kappa shape index (κ1) is 15.3. The molecule has 1 rings (SSSR count). The van der Waals surface area contributed by atoms with Crippen LogP contribution in [0.5, 0.6) is 5.75 Å². The van der Waals surface area contributed by atoms with E-state index in [1.54, 1.807) is 25.2 Å². The summed E-state index contributed by atoms with van der Waals surface area (Å²) in [4.78, 5) is 22.3. The van der Waals surface area contributed by atoms with Crippen LogP contribution < -0.4 is 15.4 Å². The van der Waals surface area contributed by atoms with Crippen molar-refractivity contribution in [3.8, 4) is 5.75 Å². The van der Waals surface area contributed by atoms with E-state index < -0.39 is 5.97 Å². The Kier molecular flexibility index (Phi) is 6.11. The highest BCUT2D eigenvalue weighted by Crippen LogP contribution is 2.27. The highest BCUT2D eigenvalue weighted by Gasteiger charge is 2.08. The van der Waals surface area contributed by atoms with Crippen molar-refractivity contribution in [1.82, 2.24) is 5.32 Å². The Labute approximate surface area is 116 Å². The highest BCUT2D eigenvalue weighted by molar-refractivity contribution is 6.32. The Morgan fingerprint density at radius 1 is 1.37 bits per heavy atom. The molecule has 19 heavy (non-hydrogen) atoms. The van der Waals surface area contributed by atoms with Gasteiger partial charge in [-0.2, -0.15) is 0 Å². The second-order valence-electron chi connectivity index (χ2n) is 3.59. The van der Waals surface area contributed by atoms with Gasteiger partial charge in [0.25, 0.3) is 0 Å². The van der Waals surface area contributed by atoms with Gasteiger partial charge >= 0.3 is 5.97 Å². The second kappa shape index (κ2) is 7.60. The van der Waals surface area contributed by atoms with Gasteiger partial charge in [0, 0.05) is 5.69 Å². The lowest BCUT2D eigenvalue weighted by Gasteiger charge is -2.09. The summed E-state index contributed by atoms with van der Waals surface area (Å²) in [5, 5.41) is 5.68. The molecule has 104 valence electrons. The fraction of sp³-hybridized carbons (Fsp3) is 0.333. The molecule has 0 bridgehead atoms. The Bertz CT molecular complexity index is 465. The van der Waals surface area contributed by atoms with Gasteiger partial charge in [0.2, 0.25) is 5.91 Å². The lowest BCUT2D eigenvalue weighted by atomic mass is 10.3. The van der Waals surface area contributed by atoms with Crippen molar-refractivity contribution in [3.05, 3.63) is 23.2 Å². The maximum Gasteiger partial charge on any atom is 0.343 e. The van der Waals surface area contributed by atoms with E-state index in [4.69, 9.17) is 16.3 Å². The zero-order valence-corrected chi connectivity index (χ0v) is 11.4. The zero-order valence-electron chi connectivity index (χ0n) is 10.7. The van der Waals surface area contributed by atoms with Crippen LogP contribution >= 0.6 is 11.6 Å². The van der Waals surface area contributed by atoms with Gasteiger partial charge in [0.15, 0.2) is 6.61 Å². The van der Waals surface area contributed by atoms with Crippen LogP contribution in [0, 0.1) is 0 Å². The van der Waals surface area contributed by atoms with E-state index in [-0.39, 0.29) is 19.1 Å². The van der Waals surface area contributed by atoms with E-state index in [1.807, 2.05) is 0 Å². The van der Waals surface area contributed by atoms with Gasteiger partial charge in [-0.05, 0) is 25.2 Å². The maximum absolute atomic E-state index is 11.4. The number of nitrogens with one attached hydrogen (secondary N) is 2. The summed E-state index contributed by atoms with van der Waals surface area (Å²) in [6, 6.07) is 4.74. The first-order chi connectivity index (χ1) is 9.06. The Hall–Kier alpha value is -1.79. The predicted octanol–water partition coefficient (Wildman–Crippen LogP) is 1.05. The van der Waals surface area contributed by atoms with Crippen molar-refractivity contribution in [3.63, 3.8) is 0 Å². The molecule has 0 fully saturated rings. The predicted molar refractivity (Wildman–Crippen MR) is 71.5 cm³/mol. The van der Waals surface area contributed by atoms with E-state index in [0.29, 0.717) is 16.5 Å². The number of halogens is 1. The molecular formula is C12H15ClN2O4. The van der Waals surface area contributed by atoms with Gasteiger partial charge < -0.3 is 20.1 Å². The molecule has 6 nitrogen and oxygen atoms in total. The van der Waals surface area contributed by atoms with Crippen LogP contribution in [0.15, 0.2) is 18.2 Å². The van der Waals surface area contributed by atoms with Crippen LogP contribution in [0.2, 0.25) is 5.02 Å². The molecule has 2 N–H and O–H groups in total. The molecule has 0 radical (unpaired) electrons. The molecule has 0 aliphatic carbocycles. The van der Waals surface area contributed by atoms with Crippen LogP contribution in [0.4, 0.5) is 5.69 Å². The number of hydrogen-bond donors (Lipinski definition) is 2. The largest absolute Gasteiger partial charge is 0.480 e. The lowest BCUT2D eigenvalue weighted by molar-refractivity contribution is -0.142. The number of amides is 1. The number of ether oxygens (including phenoxy) is 2. The number of esters is 1. The van der Waals surface area contributed by atoms with Gasteiger partial charge in [-0.15, -0.1) is 0 Å². The van der Waals surface area contributed by atoms with Crippen LogP contribution in [-0.2, 0) is 14.3 Å². The SMILES string of the molecule is CNCC(=O)Nc1ccc(OCC(=O)OC)c(Cl)c1. The number of carbonyl (C=O) groups is 2. The molecule has 0 atom stereocenters. The fourth-order valence-electron chi connectivity index (χ4n) is 1.26. The third-order valence-corrected chi connectivity index (χ3v) is 2.42. The minimum Gasteiger partial charge on any atom is -0.480 e. The van der Waals surface area contributed by atoms with E-state index in [1.165, 1.54) is 7.11 Å². The quantitative estimate of drug-likeness (QED) is 0.765. The Balaban J connectivity index is 2.63. The summed E-state index contributed by atoms with van der Waals surface area (Å²) in [6.45, 7) is -0.0140. The molecule has 0 aromatic heterocycles. The average molecular weight is 287 g/mol. The summed E-state index contributed by atoms with van der Waals surface area (Å²) in [6.07, 6.45) is 0. The number of carbonyl (C=O) groups excluding carboxylic acids is 2. The maximum atomic E-state index is 11.4. The van der Waals surface area contributed by atoms with E-state index in [9.17, 15) is 9.59 Å². The summed E-state index contributed by atoms with van der Waals surface area (Å²) < 4.78 is 9.61. The van der Waals surface area contributed by atoms with Gasteiger partial charge in [-0.1, -0.05) is 11.6 Å². The minimum absolute atomic E-state index is 0.179.